The summed E-state index contributed by atoms with van der Waals surface area (Å²) in [5, 5.41) is 6.35. The van der Waals surface area contributed by atoms with E-state index in [4.69, 9.17) is 4.74 Å². The lowest BCUT2D eigenvalue weighted by Crippen LogP contribution is -2.54. The van der Waals surface area contributed by atoms with Crippen LogP contribution in [-0.2, 0) is 14.3 Å². The van der Waals surface area contributed by atoms with Crippen molar-refractivity contribution in [2.75, 3.05) is 46.4 Å². The maximum absolute atomic E-state index is 13.2. The molecule has 6 nitrogen and oxygen atoms in total. The van der Waals surface area contributed by atoms with Crippen molar-refractivity contribution < 1.29 is 14.3 Å². The molecule has 0 bridgehead atoms. The molecule has 2 rings (SSSR count). The molecule has 2 aliphatic heterocycles. The average molecular weight is 339 g/mol. The molecule has 6 heteroatoms. The molecule has 1 atom stereocenters. The lowest BCUT2D eigenvalue weighted by molar-refractivity contribution is -0.149. The first-order valence-electron chi connectivity index (χ1n) is 9.37. The summed E-state index contributed by atoms with van der Waals surface area (Å²) in [4.78, 5) is 26.9. The van der Waals surface area contributed by atoms with Gasteiger partial charge in [0.15, 0.2) is 0 Å². The van der Waals surface area contributed by atoms with Gasteiger partial charge in [0.05, 0.1) is 12.0 Å². The highest BCUT2D eigenvalue weighted by Crippen LogP contribution is 2.33. The van der Waals surface area contributed by atoms with Crippen molar-refractivity contribution in [3.8, 4) is 0 Å². The zero-order valence-electron chi connectivity index (χ0n) is 15.2. The minimum atomic E-state index is -0.368. The normalized spacial score (nSPS) is 23.8. The molecule has 0 aliphatic carbocycles. The Hall–Kier alpha value is -1.14. The lowest BCUT2D eigenvalue weighted by Gasteiger charge is -2.42. The number of likely N-dealkylation sites (tertiary alicyclic amines) is 1. The molecule has 1 unspecified atom stereocenters. The van der Waals surface area contributed by atoms with E-state index in [0.717, 1.165) is 58.3 Å². The molecule has 0 aromatic carbocycles. The molecule has 2 N–H and O–H groups in total. The van der Waals surface area contributed by atoms with E-state index < -0.39 is 0 Å². The van der Waals surface area contributed by atoms with Crippen LogP contribution in [0.1, 0.15) is 45.4 Å². The number of hydrogen-bond acceptors (Lipinski definition) is 4. The topological polar surface area (TPSA) is 70.7 Å². The van der Waals surface area contributed by atoms with Crippen LogP contribution in [0.5, 0.6) is 0 Å². The van der Waals surface area contributed by atoms with Gasteiger partial charge in [0.2, 0.25) is 11.8 Å². The van der Waals surface area contributed by atoms with Gasteiger partial charge in [-0.25, -0.2) is 0 Å². The van der Waals surface area contributed by atoms with Crippen LogP contribution >= 0.6 is 0 Å². The predicted octanol–water partition coefficient (Wildman–Crippen LogP) is 1.16. The number of piperidine rings is 2. The summed E-state index contributed by atoms with van der Waals surface area (Å²) >= 11 is 0. The lowest BCUT2D eigenvalue weighted by atomic mass is 9.77. The molecular weight excluding hydrogens is 306 g/mol. The van der Waals surface area contributed by atoms with Crippen LogP contribution in [0.2, 0.25) is 0 Å². The summed E-state index contributed by atoms with van der Waals surface area (Å²) in [6.07, 6.45) is 5.23. The van der Waals surface area contributed by atoms with Gasteiger partial charge >= 0.3 is 0 Å². The van der Waals surface area contributed by atoms with Gasteiger partial charge in [0.25, 0.3) is 0 Å². The largest absolute Gasteiger partial charge is 0.384 e. The summed E-state index contributed by atoms with van der Waals surface area (Å²) in [6.45, 7) is 6.53. The summed E-state index contributed by atoms with van der Waals surface area (Å²) in [5.41, 5.74) is -0.368. The fourth-order valence-electron chi connectivity index (χ4n) is 3.93. The van der Waals surface area contributed by atoms with E-state index in [1.165, 1.54) is 0 Å². The molecule has 2 saturated heterocycles. The molecular formula is C18H33N3O3. The highest BCUT2D eigenvalue weighted by atomic mass is 16.5. The van der Waals surface area contributed by atoms with Crippen LogP contribution in [0.4, 0.5) is 0 Å². The molecule has 2 heterocycles. The maximum atomic E-state index is 13.2. The van der Waals surface area contributed by atoms with Crippen LogP contribution in [0.25, 0.3) is 0 Å². The second-order valence-electron chi connectivity index (χ2n) is 7.28. The zero-order valence-corrected chi connectivity index (χ0v) is 15.2. The van der Waals surface area contributed by atoms with Crippen LogP contribution in [0.3, 0.4) is 0 Å². The number of methoxy groups -OCH3 is 1. The molecule has 2 fully saturated rings. The van der Waals surface area contributed by atoms with E-state index in [-0.39, 0.29) is 17.2 Å². The van der Waals surface area contributed by atoms with Crippen molar-refractivity contribution >= 4 is 11.8 Å². The monoisotopic (exact) mass is 339 g/mol. The fraction of sp³-hybridized carbons (Fsp3) is 0.889. The number of carbonyl (C=O) groups is 2. The zero-order chi connectivity index (χ0) is 17.4. The first-order chi connectivity index (χ1) is 11.6. The first-order valence-corrected chi connectivity index (χ1v) is 9.37. The molecule has 0 aromatic rings. The number of rotatable bonds is 7. The van der Waals surface area contributed by atoms with Crippen LogP contribution in [-0.4, -0.2) is 63.2 Å². The highest BCUT2D eigenvalue weighted by molar-refractivity contribution is 5.83. The summed E-state index contributed by atoms with van der Waals surface area (Å²) in [7, 11) is 1.68. The number of ether oxygens (including phenoxy) is 1. The van der Waals surface area contributed by atoms with Crippen molar-refractivity contribution in [3.05, 3.63) is 0 Å². The van der Waals surface area contributed by atoms with E-state index >= 15 is 0 Å². The Kier molecular flexibility index (Phi) is 7.49. The Labute approximate surface area is 145 Å². The Morgan fingerprint density at radius 2 is 2.08 bits per heavy atom. The van der Waals surface area contributed by atoms with Gasteiger partial charge in [0.1, 0.15) is 0 Å². The smallest absolute Gasteiger partial charge is 0.231 e. The molecule has 138 valence electrons. The minimum Gasteiger partial charge on any atom is -0.384 e. The van der Waals surface area contributed by atoms with E-state index in [2.05, 4.69) is 10.6 Å². The van der Waals surface area contributed by atoms with Crippen molar-refractivity contribution in [2.45, 2.75) is 45.4 Å². The van der Waals surface area contributed by atoms with Gasteiger partial charge in [-0.1, -0.05) is 6.92 Å². The van der Waals surface area contributed by atoms with Gasteiger partial charge < -0.3 is 20.3 Å². The quantitative estimate of drug-likeness (QED) is 0.730. The molecule has 2 aliphatic rings. The predicted molar refractivity (Wildman–Crippen MR) is 93.6 cm³/mol. The third-order valence-corrected chi connectivity index (χ3v) is 5.31. The molecule has 0 spiro atoms. The standard InChI is InChI=1S/C18H33N3O3/c1-3-5-16(22)20-12-15-6-4-11-21(13-15)17(23)18(14-24-2)7-9-19-10-8-18/h15,19H,3-14H2,1-2H3,(H,20,22). The van der Waals surface area contributed by atoms with E-state index in [9.17, 15) is 9.59 Å². The maximum Gasteiger partial charge on any atom is 0.231 e. The van der Waals surface area contributed by atoms with Gasteiger partial charge in [-0.3, -0.25) is 9.59 Å². The Balaban J connectivity index is 1.92. The Morgan fingerprint density at radius 1 is 1.33 bits per heavy atom. The van der Waals surface area contributed by atoms with Crippen LogP contribution < -0.4 is 10.6 Å². The summed E-state index contributed by atoms with van der Waals surface area (Å²) in [5.74, 6) is 0.732. The number of carbonyl (C=O) groups excluding carboxylic acids is 2. The highest BCUT2D eigenvalue weighted by Gasteiger charge is 2.43. The molecule has 24 heavy (non-hydrogen) atoms. The number of hydrogen-bond donors (Lipinski definition) is 2. The molecule has 2 amide bonds. The van der Waals surface area contributed by atoms with Gasteiger partial charge in [-0.15, -0.1) is 0 Å². The Bertz CT molecular complexity index is 416. The minimum absolute atomic E-state index is 0.121. The van der Waals surface area contributed by atoms with Gasteiger partial charge in [0, 0.05) is 33.2 Å². The molecule has 0 saturated carbocycles. The third-order valence-electron chi connectivity index (χ3n) is 5.31. The van der Waals surface area contributed by atoms with Gasteiger partial charge in [-0.2, -0.15) is 0 Å². The average Bonchev–Trinajstić information content (AvgIpc) is 2.61. The Morgan fingerprint density at radius 3 is 2.75 bits per heavy atom. The number of amides is 2. The second-order valence-corrected chi connectivity index (χ2v) is 7.28. The van der Waals surface area contributed by atoms with Crippen LogP contribution in [0, 0.1) is 11.3 Å². The van der Waals surface area contributed by atoms with Crippen molar-refractivity contribution in [1.82, 2.24) is 15.5 Å². The van der Waals surface area contributed by atoms with Crippen molar-refractivity contribution in [2.24, 2.45) is 11.3 Å². The third kappa shape index (κ3) is 4.93. The SMILES string of the molecule is CCCC(=O)NCC1CCCN(C(=O)C2(COC)CCNCC2)C1. The van der Waals surface area contributed by atoms with Gasteiger partial charge in [-0.05, 0) is 51.1 Å². The number of nitrogens with zero attached hydrogens (tertiary/aromatic N) is 1. The molecule has 0 aromatic heterocycles. The van der Waals surface area contributed by atoms with Crippen LogP contribution in [0.15, 0.2) is 0 Å². The van der Waals surface area contributed by atoms with Crippen molar-refractivity contribution in [3.63, 3.8) is 0 Å². The molecule has 0 radical (unpaired) electrons. The van der Waals surface area contributed by atoms with E-state index in [1.54, 1.807) is 7.11 Å². The summed E-state index contributed by atoms with van der Waals surface area (Å²) < 4.78 is 5.40. The van der Waals surface area contributed by atoms with E-state index in [1.807, 2.05) is 11.8 Å². The van der Waals surface area contributed by atoms with E-state index in [0.29, 0.717) is 25.5 Å². The first kappa shape index (κ1) is 19.2. The fourth-order valence-corrected chi connectivity index (χ4v) is 3.93. The second kappa shape index (κ2) is 9.37. The number of nitrogens with one attached hydrogen (secondary N) is 2. The summed E-state index contributed by atoms with van der Waals surface area (Å²) in [6, 6.07) is 0. The van der Waals surface area contributed by atoms with Crippen molar-refractivity contribution in [1.29, 1.82) is 0 Å².